The molecule has 0 saturated carbocycles. The van der Waals surface area contributed by atoms with E-state index in [4.69, 9.17) is 0 Å². The van der Waals surface area contributed by atoms with Crippen molar-refractivity contribution in [1.29, 1.82) is 0 Å². The second kappa shape index (κ2) is 5.48. The molecule has 4 aromatic rings. The molecule has 0 saturated heterocycles. The van der Waals surface area contributed by atoms with Crippen molar-refractivity contribution in [3.05, 3.63) is 83.9 Å². The number of para-hydroxylation sites is 2. The van der Waals surface area contributed by atoms with Crippen LogP contribution in [0.5, 0.6) is 0 Å². The van der Waals surface area contributed by atoms with Crippen molar-refractivity contribution in [3.63, 3.8) is 0 Å². The largest absolute Gasteiger partial charge is 0.416 e. The first-order valence-electron chi connectivity index (χ1n) is 7.67. The van der Waals surface area contributed by atoms with Crippen LogP contribution in [0, 0.1) is 0 Å². The summed E-state index contributed by atoms with van der Waals surface area (Å²) < 4.78 is 39.7. The molecule has 0 aliphatic rings. The predicted molar refractivity (Wildman–Crippen MR) is 90.6 cm³/mol. The fourth-order valence-corrected chi connectivity index (χ4v) is 3.07. The van der Waals surface area contributed by atoms with Crippen LogP contribution in [-0.2, 0) is 6.18 Å². The molecule has 1 heterocycles. The molecule has 0 aliphatic carbocycles. The first-order valence-corrected chi connectivity index (χ1v) is 7.67. The summed E-state index contributed by atoms with van der Waals surface area (Å²) >= 11 is 0. The van der Waals surface area contributed by atoms with E-state index in [1.807, 2.05) is 48.5 Å². The van der Waals surface area contributed by atoms with Crippen LogP contribution >= 0.6 is 0 Å². The molecule has 0 amide bonds. The van der Waals surface area contributed by atoms with Crippen molar-refractivity contribution in [1.82, 2.24) is 4.57 Å². The van der Waals surface area contributed by atoms with E-state index in [9.17, 15) is 18.0 Å². The van der Waals surface area contributed by atoms with Gasteiger partial charge in [0, 0.05) is 16.3 Å². The van der Waals surface area contributed by atoms with Gasteiger partial charge in [-0.3, -0.25) is 9.36 Å². The van der Waals surface area contributed by atoms with E-state index < -0.39 is 11.7 Å². The molecular formula is C20H12F3NO. The molecule has 0 unspecified atom stereocenters. The van der Waals surface area contributed by atoms with Crippen LogP contribution in [0.1, 0.15) is 15.9 Å². The number of carbonyl (C=O) groups is 1. The summed E-state index contributed by atoms with van der Waals surface area (Å²) in [5.74, 6) is -0.355. The van der Waals surface area contributed by atoms with Gasteiger partial charge < -0.3 is 0 Å². The average Bonchev–Trinajstić information content (AvgIpc) is 2.95. The van der Waals surface area contributed by atoms with Crippen molar-refractivity contribution in [2.45, 2.75) is 6.18 Å². The monoisotopic (exact) mass is 339 g/mol. The lowest BCUT2D eigenvalue weighted by Gasteiger charge is -2.09. The molecule has 3 aromatic carbocycles. The van der Waals surface area contributed by atoms with Gasteiger partial charge in [-0.1, -0.05) is 36.4 Å². The molecule has 0 fully saturated rings. The van der Waals surface area contributed by atoms with Gasteiger partial charge in [-0.15, -0.1) is 0 Å². The molecule has 0 radical (unpaired) electrons. The van der Waals surface area contributed by atoms with E-state index >= 15 is 0 Å². The summed E-state index contributed by atoms with van der Waals surface area (Å²) in [5, 5.41) is 1.86. The Hall–Kier alpha value is -3.08. The van der Waals surface area contributed by atoms with Gasteiger partial charge in [0.15, 0.2) is 0 Å². The van der Waals surface area contributed by atoms with Crippen LogP contribution in [0.15, 0.2) is 72.8 Å². The third kappa shape index (κ3) is 2.48. The van der Waals surface area contributed by atoms with Crippen LogP contribution in [0.3, 0.4) is 0 Å². The zero-order valence-electron chi connectivity index (χ0n) is 12.9. The molecule has 0 spiro atoms. The van der Waals surface area contributed by atoms with E-state index in [1.54, 1.807) is 4.57 Å². The Kier molecular flexibility index (Phi) is 3.39. The van der Waals surface area contributed by atoms with E-state index in [2.05, 4.69) is 0 Å². The second-order valence-corrected chi connectivity index (χ2v) is 5.75. The van der Waals surface area contributed by atoms with Crippen LogP contribution < -0.4 is 0 Å². The first-order chi connectivity index (χ1) is 12.0. The standard InChI is InChI=1S/C20H12F3NO/c21-20(22,23)14-11-9-13(10-12-14)19(25)24-17-7-3-1-5-15(17)16-6-2-4-8-18(16)24/h1-12H. The van der Waals surface area contributed by atoms with Gasteiger partial charge in [-0.05, 0) is 36.4 Å². The van der Waals surface area contributed by atoms with Gasteiger partial charge in [0.1, 0.15) is 0 Å². The van der Waals surface area contributed by atoms with Gasteiger partial charge in [0.25, 0.3) is 5.91 Å². The maximum absolute atomic E-state index is 13.0. The highest BCUT2D eigenvalue weighted by atomic mass is 19.4. The SMILES string of the molecule is O=C(c1ccc(C(F)(F)F)cc1)n1c2ccccc2c2ccccc21. The smallest absolute Gasteiger partial charge is 0.276 e. The lowest BCUT2D eigenvalue weighted by atomic mass is 10.1. The van der Waals surface area contributed by atoms with Gasteiger partial charge in [-0.25, -0.2) is 0 Å². The first kappa shape index (κ1) is 15.4. The Morgan fingerprint density at radius 2 is 1.20 bits per heavy atom. The van der Waals surface area contributed by atoms with Crippen molar-refractivity contribution in [2.24, 2.45) is 0 Å². The molecule has 0 N–H and O–H groups in total. The number of rotatable bonds is 1. The summed E-state index contributed by atoms with van der Waals surface area (Å²) in [6.45, 7) is 0. The Labute approximate surface area is 141 Å². The number of hydrogen-bond donors (Lipinski definition) is 0. The fourth-order valence-electron chi connectivity index (χ4n) is 3.07. The minimum atomic E-state index is -4.42. The number of alkyl halides is 3. The van der Waals surface area contributed by atoms with E-state index in [1.165, 1.54) is 12.1 Å². The van der Waals surface area contributed by atoms with Crippen molar-refractivity contribution < 1.29 is 18.0 Å². The van der Waals surface area contributed by atoms with E-state index in [0.29, 0.717) is 0 Å². The summed E-state index contributed by atoms with van der Waals surface area (Å²) in [5.41, 5.74) is 0.896. The summed E-state index contributed by atoms with van der Waals surface area (Å²) in [7, 11) is 0. The topological polar surface area (TPSA) is 22.0 Å². The number of aromatic nitrogens is 1. The van der Waals surface area contributed by atoms with Crippen LogP contribution in [0.4, 0.5) is 13.2 Å². The molecule has 0 aliphatic heterocycles. The molecular weight excluding hydrogens is 327 g/mol. The van der Waals surface area contributed by atoms with Gasteiger partial charge in [-0.2, -0.15) is 13.2 Å². The Morgan fingerprint density at radius 1 is 0.720 bits per heavy atom. The third-order valence-corrected chi connectivity index (χ3v) is 4.24. The molecule has 5 heteroatoms. The van der Waals surface area contributed by atoms with Crippen molar-refractivity contribution in [3.8, 4) is 0 Å². The zero-order valence-corrected chi connectivity index (χ0v) is 12.9. The van der Waals surface area contributed by atoms with E-state index in [-0.39, 0.29) is 11.5 Å². The molecule has 0 bridgehead atoms. The van der Waals surface area contributed by atoms with Crippen molar-refractivity contribution in [2.75, 3.05) is 0 Å². The minimum absolute atomic E-state index is 0.208. The Bertz CT molecular complexity index is 1040. The molecule has 25 heavy (non-hydrogen) atoms. The maximum Gasteiger partial charge on any atom is 0.416 e. The minimum Gasteiger partial charge on any atom is -0.276 e. The average molecular weight is 339 g/mol. The zero-order chi connectivity index (χ0) is 17.6. The molecule has 2 nitrogen and oxygen atoms in total. The Morgan fingerprint density at radius 3 is 1.68 bits per heavy atom. The van der Waals surface area contributed by atoms with E-state index in [0.717, 1.165) is 33.9 Å². The predicted octanol–water partition coefficient (Wildman–Crippen LogP) is 5.50. The highest BCUT2D eigenvalue weighted by Gasteiger charge is 2.30. The highest BCUT2D eigenvalue weighted by molar-refractivity contribution is 6.16. The number of carbonyl (C=O) groups excluding carboxylic acids is 1. The van der Waals surface area contributed by atoms with Gasteiger partial charge in [0.05, 0.1) is 16.6 Å². The van der Waals surface area contributed by atoms with Crippen LogP contribution in [-0.4, -0.2) is 10.5 Å². The summed E-state index contributed by atoms with van der Waals surface area (Å²) in [4.78, 5) is 13.0. The summed E-state index contributed by atoms with van der Waals surface area (Å²) in [6.07, 6.45) is -4.42. The number of fused-ring (bicyclic) bond motifs is 3. The lowest BCUT2D eigenvalue weighted by molar-refractivity contribution is -0.137. The molecule has 0 atom stereocenters. The highest BCUT2D eigenvalue weighted by Crippen LogP contribution is 2.31. The quantitative estimate of drug-likeness (QED) is 0.449. The van der Waals surface area contributed by atoms with Crippen molar-refractivity contribution >= 4 is 27.7 Å². The Balaban J connectivity index is 1.90. The van der Waals surface area contributed by atoms with Crippen LogP contribution in [0.25, 0.3) is 21.8 Å². The molecule has 124 valence electrons. The fraction of sp³-hybridized carbons (Fsp3) is 0.0500. The summed E-state index contributed by atoms with van der Waals surface area (Å²) in [6, 6.07) is 19.3. The van der Waals surface area contributed by atoms with Gasteiger partial charge >= 0.3 is 6.18 Å². The number of benzene rings is 3. The molecule has 1 aromatic heterocycles. The maximum atomic E-state index is 13.0. The van der Waals surface area contributed by atoms with Crippen LogP contribution in [0.2, 0.25) is 0 Å². The third-order valence-electron chi connectivity index (χ3n) is 4.24. The number of hydrogen-bond acceptors (Lipinski definition) is 1. The van der Waals surface area contributed by atoms with Gasteiger partial charge in [0.2, 0.25) is 0 Å². The molecule has 4 rings (SSSR count). The number of nitrogens with zero attached hydrogens (tertiary/aromatic N) is 1. The lowest BCUT2D eigenvalue weighted by Crippen LogP contribution is -2.12. The normalized spacial score (nSPS) is 12.0. The second-order valence-electron chi connectivity index (χ2n) is 5.75. The number of halogens is 3.